The van der Waals surface area contributed by atoms with E-state index in [4.69, 9.17) is 4.42 Å². The maximum atomic E-state index is 12.9. The lowest BCUT2D eigenvalue weighted by Gasteiger charge is -2.44. The van der Waals surface area contributed by atoms with Gasteiger partial charge in [0.15, 0.2) is 11.3 Å². The monoisotopic (exact) mass is 368 g/mol. The van der Waals surface area contributed by atoms with Crippen LogP contribution < -0.4 is 10.2 Å². The zero-order chi connectivity index (χ0) is 18.4. The van der Waals surface area contributed by atoms with Gasteiger partial charge in [0.2, 0.25) is 5.91 Å². The Labute approximate surface area is 157 Å². The maximum Gasteiger partial charge on any atom is 0.274 e. The lowest BCUT2D eigenvalue weighted by Crippen LogP contribution is -2.57. The largest absolute Gasteiger partial charge is 0.460 e. The van der Waals surface area contributed by atoms with Crippen LogP contribution >= 0.6 is 0 Å². The van der Waals surface area contributed by atoms with Crippen LogP contribution in [0.1, 0.15) is 42.6 Å². The van der Waals surface area contributed by atoms with Crippen LogP contribution in [0.15, 0.2) is 22.9 Å². The van der Waals surface area contributed by atoms with E-state index >= 15 is 0 Å². The SMILES string of the molecule is O=C(N[C@H]1CN2CCC1CC2)c1nccc2c(N3CCCCC3=O)coc12. The fourth-order valence-corrected chi connectivity index (χ4v) is 4.74. The third-order valence-electron chi connectivity index (χ3n) is 6.27. The molecule has 2 bridgehead atoms. The van der Waals surface area contributed by atoms with Crippen LogP contribution in [0.3, 0.4) is 0 Å². The highest BCUT2D eigenvalue weighted by molar-refractivity contribution is 6.09. The number of furan rings is 1. The Kier molecular flexibility index (Phi) is 4.11. The van der Waals surface area contributed by atoms with Crippen molar-refractivity contribution in [1.82, 2.24) is 15.2 Å². The number of anilines is 1. The highest BCUT2D eigenvalue weighted by atomic mass is 16.3. The summed E-state index contributed by atoms with van der Waals surface area (Å²) in [6.07, 6.45) is 7.97. The van der Waals surface area contributed by atoms with Crippen molar-refractivity contribution in [1.29, 1.82) is 0 Å². The van der Waals surface area contributed by atoms with Gasteiger partial charge in [0.25, 0.3) is 5.91 Å². The summed E-state index contributed by atoms with van der Waals surface area (Å²) in [5.74, 6) is 0.473. The Bertz CT molecular complexity index is 884. The molecule has 2 aromatic heterocycles. The lowest BCUT2D eigenvalue weighted by molar-refractivity contribution is -0.119. The Balaban J connectivity index is 1.42. The molecule has 1 N–H and O–H groups in total. The second kappa shape index (κ2) is 6.64. The summed E-state index contributed by atoms with van der Waals surface area (Å²) in [6, 6.07) is 2.00. The Hall–Kier alpha value is -2.41. The van der Waals surface area contributed by atoms with Gasteiger partial charge in [-0.3, -0.25) is 9.59 Å². The van der Waals surface area contributed by atoms with Crippen LogP contribution in [0.2, 0.25) is 0 Å². The molecule has 2 amide bonds. The van der Waals surface area contributed by atoms with Gasteiger partial charge in [0, 0.05) is 37.1 Å². The number of aromatic nitrogens is 1. The molecule has 6 rings (SSSR count). The minimum Gasteiger partial charge on any atom is -0.460 e. The Morgan fingerprint density at radius 1 is 1.22 bits per heavy atom. The molecular formula is C20H24N4O3. The third kappa shape index (κ3) is 2.90. The number of hydrogen-bond acceptors (Lipinski definition) is 5. The molecule has 27 heavy (non-hydrogen) atoms. The number of carbonyl (C=O) groups is 2. The summed E-state index contributed by atoms with van der Waals surface area (Å²) in [5.41, 5.74) is 1.51. The molecule has 0 spiro atoms. The number of nitrogens with one attached hydrogen (secondary N) is 1. The van der Waals surface area contributed by atoms with Crippen LogP contribution in [0.5, 0.6) is 0 Å². The second-order valence-corrected chi connectivity index (χ2v) is 7.88. The van der Waals surface area contributed by atoms with Gasteiger partial charge in [-0.25, -0.2) is 4.98 Å². The van der Waals surface area contributed by atoms with E-state index in [-0.39, 0.29) is 17.9 Å². The highest BCUT2D eigenvalue weighted by Gasteiger charge is 2.35. The first-order valence-electron chi connectivity index (χ1n) is 9.90. The van der Waals surface area contributed by atoms with Crippen molar-refractivity contribution in [3.63, 3.8) is 0 Å². The minimum atomic E-state index is -0.190. The summed E-state index contributed by atoms with van der Waals surface area (Å²) >= 11 is 0. The van der Waals surface area contributed by atoms with Crippen molar-refractivity contribution >= 4 is 28.5 Å². The van der Waals surface area contributed by atoms with E-state index in [1.807, 2.05) is 6.07 Å². The topological polar surface area (TPSA) is 78.7 Å². The third-order valence-corrected chi connectivity index (χ3v) is 6.27. The molecule has 4 fully saturated rings. The number of pyridine rings is 1. The molecule has 2 aromatic rings. The van der Waals surface area contributed by atoms with Crippen molar-refractivity contribution in [3.05, 3.63) is 24.2 Å². The molecule has 1 atom stereocenters. The predicted octanol–water partition coefficient (Wildman–Crippen LogP) is 2.17. The van der Waals surface area contributed by atoms with Gasteiger partial charge < -0.3 is 19.5 Å². The van der Waals surface area contributed by atoms with Crippen molar-refractivity contribution in [3.8, 4) is 0 Å². The smallest absolute Gasteiger partial charge is 0.274 e. The van der Waals surface area contributed by atoms with Crippen LogP contribution in [0, 0.1) is 5.92 Å². The van der Waals surface area contributed by atoms with E-state index < -0.39 is 0 Å². The van der Waals surface area contributed by atoms with Crippen LogP contribution in [0.4, 0.5) is 5.69 Å². The number of rotatable bonds is 3. The first-order valence-corrected chi connectivity index (χ1v) is 9.90. The lowest BCUT2D eigenvalue weighted by atomic mass is 9.84. The van der Waals surface area contributed by atoms with Gasteiger partial charge in [0.1, 0.15) is 6.26 Å². The molecule has 0 radical (unpaired) electrons. The first kappa shape index (κ1) is 16.7. The Morgan fingerprint density at radius 2 is 2.07 bits per heavy atom. The normalized spacial score (nSPS) is 27.9. The molecule has 4 saturated heterocycles. The molecule has 7 nitrogen and oxygen atoms in total. The first-order chi connectivity index (χ1) is 13.2. The number of piperidine rings is 4. The summed E-state index contributed by atoms with van der Waals surface area (Å²) in [4.78, 5) is 33.7. The van der Waals surface area contributed by atoms with Crippen LogP contribution in [-0.4, -0.2) is 53.9 Å². The van der Waals surface area contributed by atoms with E-state index in [0.717, 1.165) is 56.4 Å². The minimum absolute atomic E-state index is 0.110. The molecule has 0 saturated carbocycles. The predicted molar refractivity (Wildman–Crippen MR) is 101 cm³/mol. The molecular weight excluding hydrogens is 344 g/mol. The number of nitrogens with zero attached hydrogens (tertiary/aromatic N) is 3. The van der Waals surface area contributed by atoms with E-state index in [1.54, 1.807) is 17.4 Å². The van der Waals surface area contributed by atoms with E-state index in [9.17, 15) is 9.59 Å². The summed E-state index contributed by atoms with van der Waals surface area (Å²) in [5, 5.41) is 3.95. The van der Waals surface area contributed by atoms with Gasteiger partial charge >= 0.3 is 0 Å². The van der Waals surface area contributed by atoms with Gasteiger partial charge in [-0.15, -0.1) is 0 Å². The van der Waals surface area contributed by atoms with Gasteiger partial charge in [0.05, 0.1) is 5.69 Å². The molecule has 6 heterocycles. The number of fused-ring (bicyclic) bond motifs is 4. The second-order valence-electron chi connectivity index (χ2n) is 7.88. The Morgan fingerprint density at radius 3 is 2.81 bits per heavy atom. The fourth-order valence-electron chi connectivity index (χ4n) is 4.74. The summed E-state index contributed by atoms with van der Waals surface area (Å²) in [6.45, 7) is 3.88. The van der Waals surface area contributed by atoms with Crippen molar-refractivity contribution < 1.29 is 14.0 Å². The van der Waals surface area contributed by atoms with E-state index in [0.29, 0.717) is 30.2 Å². The standard InChI is InChI=1S/C20H24N4O3/c25-17-3-1-2-8-24(17)16-12-27-19-14(16)4-7-21-18(19)20(26)22-15-11-23-9-5-13(15)6-10-23/h4,7,12-13,15H,1-3,5-6,8-11H2,(H,22,26)/t15-/m0/s1. The zero-order valence-electron chi connectivity index (χ0n) is 15.3. The summed E-state index contributed by atoms with van der Waals surface area (Å²) in [7, 11) is 0. The zero-order valence-corrected chi connectivity index (χ0v) is 15.3. The van der Waals surface area contributed by atoms with E-state index in [2.05, 4.69) is 15.2 Å². The quantitative estimate of drug-likeness (QED) is 0.898. The molecule has 142 valence electrons. The van der Waals surface area contributed by atoms with Crippen LogP contribution in [-0.2, 0) is 4.79 Å². The molecule has 4 aliphatic rings. The average Bonchev–Trinajstić information content (AvgIpc) is 3.13. The van der Waals surface area contributed by atoms with Crippen LogP contribution in [0.25, 0.3) is 11.0 Å². The van der Waals surface area contributed by atoms with Crippen molar-refractivity contribution in [2.75, 3.05) is 31.1 Å². The maximum absolute atomic E-state index is 12.9. The van der Waals surface area contributed by atoms with Crippen molar-refractivity contribution in [2.45, 2.75) is 38.1 Å². The van der Waals surface area contributed by atoms with Crippen molar-refractivity contribution in [2.24, 2.45) is 5.92 Å². The van der Waals surface area contributed by atoms with Gasteiger partial charge in [-0.2, -0.15) is 0 Å². The molecule has 4 aliphatic heterocycles. The number of carbonyl (C=O) groups excluding carboxylic acids is 2. The highest BCUT2D eigenvalue weighted by Crippen LogP contribution is 2.33. The molecule has 7 heteroatoms. The summed E-state index contributed by atoms with van der Waals surface area (Å²) < 4.78 is 5.73. The molecule has 0 unspecified atom stereocenters. The van der Waals surface area contributed by atoms with Gasteiger partial charge in [-0.05, 0) is 50.8 Å². The average molecular weight is 368 g/mol. The molecule has 0 aliphatic carbocycles. The van der Waals surface area contributed by atoms with E-state index in [1.165, 1.54) is 0 Å². The fraction of sp³-hybridized carbons (Fsp3) is 0.550. The number of amides is 2. The molecule has 0 aromatic carbocycles. The van der Waals surface area contributed by atoms with Gasteiger partial charge in [-0.1, -0.05) is 0 Å². The number of hydrogen-bond donors (Lipinski definition) is 1.